The molecule has 6 heteroatoms. The maximum absolute atomic E-state index is 12.1. The SMILES string of the molecule is CCC1CN(CC(=O)NCCOc2ccccc2)CCN1CC(C)O. The van der Waals surface area contributed by atoms with Crippen LogP contribution in [-0.2, 0) is 4.79 Å². The highest BCUT2D eigenvalue weighted by Crippen LogP contribution is 2.13. The Labute approximate surface area is 150 Å². The lowest BCUT2D eigenvalue weighted by Crippen LogP contribution is -2.56. The van der Waals surface area contributed by atoms with E-state index in [1.165, 1.54) is 0 Å². The number of rotatable bonds is 9. The van der Waals surface area contributed by atoms with E-state index in [1.807, 2.05) is 37.3 Å². The van der Waals surface area contributed by atoms with Crippen molar-refractivity contribution in [2.24, 2.45) is 0 Å². The first-order valence-corrected chi connectivity index (χ1v) is 9.17. The average molecular weight is 349 g/mol. The third-order valence-corrected chi connectivity index (χ3v) is 4.46. The Morgan fingerprint density at radius 3 is 2.80 bits per heavy atom. The second-order valence-corrected chi connectivity index (χ2v) is 6.65. The van der Waals surface area contributed by atoms with Gasteiger partial charge < -0.3 is 15.2 Å². The second-order valence-electron chi connectivity index (χ2n) is 6.65. The summed E-state index contributed by atoms with van der Waals surface area (Å²) in [7, 11) is 0. The molecule has 1 aliphatic rings. The molecule has 140 valence electrons. The summed E-state index contributed by atoms with van der Waals surface area (Å²) in [5.74, 6) is 0.854. The monoisotopic (exact) mass is 349 g/mol. The maximum atomic E-state index is 12.1. The van der Waals surface area contributed by atoms with Gasteiger partial charge in [-0.2, -0.15) is 0 Å². The molecule has 2 N–H and O–H groups in total. The summed E-state index contributed by atoms with van der Waals surface area (Å²) < 4.78 is 5.57. The Kier molecular flexibility index (Phi) is 8.18. The van der Waals surface area contributed by atoms with Crippen LogP contribution < -0.4 is 10.1 Å². The van der Waals surface area contributed by atoms with Crippen LogP contribution in [0.2, 0.25) is 0 Å². The molecule has 1 fully saturated rings. The van der Waals surface area contributed by atoms with Crippen molar-refractivity contribution in [1.29, 1.82) is 0 Å². The fourth-order valence-corrected chi connectivity index (χ4v) is 3.20. The van der Waals surface area contributed by atoms with E-state index < -0.39 is 0 Å². The third-order valence-electron chi connectivity index (χ3n) is 4.46. The molecule has 25 heavy (non-hydrogen) atoms. The topological polar surface area (TPSA) is 65.0 Å². The molecule has 2 rings (SSSR count). The number of piperazine rings is 1. The lowest BCUT2D eigenvalue weighted by molar-refractivity contribution is -0.123. The number of amides is 1. The standard InChI is InChI=1S/C19H31N3O3/c1-3-17-14-21(10-11-22(17)13-16(2)23)15-19(24)20-9-12-25-18-7-5-4-6-8-18/h4-8,16-17,23H,3,9-15H2,1-2H3,(H,20,24). The van der Waals surface area contributed by atoms with Crippen LogP contribution in [0.15, 0.2) is 30.3 Å². The Hall–Kier alpha value is -1.63. The average Bonchev–Trinajstić information content (AvgIpc) is 2.60. The Bertz CT molecular complexity index is 510. The molecule has 1 amide bonds. The number of β-amino-alcohol motifs (C(OH)–C–C–N with tert-alkyl or cyclic N) is 1. The highest BCUT2D eigenvalue weighted by Gasteiger charge is 2.27. The number of nitrogens with zero attached hydrogens (tertiary/aromatic N) is 2. The molecule has 1 aliphatic heterocycles. The summed E-state index contributed by atoms with van der Waals surface area (Å²) in [6.45, 7) is 8.71. The number of hydrogen-bond donors (Lipinski definition) is 2. The van der Waals surface area contributed by atoms with Crippen LogP contribution >= 0.6 is 0 Å². The van der Waals surface area contributed by atoms with E-state index >= 15 is 0 Å². The molecule has 0 saturated carbocycles. The van der Waals surface area contributed by atoms with E-state index in [9.17, 15) is 9.90 Å². The van der Waals surface area contributed by atoms with Gasteiger partial charge in [0.25, 0.3) is 0 Å². The molecule has 1 aromatic carbocycles. The zero-order chi connectivity index (χ0) is 18.1. The van der Waals surface area contributed by atoms with Crippen LogP contribution in [0.5, 0.6) is 5.75 Å². The minimum absolute atomic E-state index is 0.0375. The predicted octanol–water partition coefficient (Wildman–Crippen LogP) is 0.959. The first kappa shape index (κ1) is 19.7. The van der Waals surface area contributed by atoms with Crippen LogP contribution in [0.4, 0.5) is 0 Å². The van der Waals surface area contributed by atoms with Crippen molar-refractivity contribution in [3.63, 3.8) is 0 Å². The molecule has 1 saturated heterocycles. The highest BCUT2D eigenvalue weighted by atomic mass is 16.5. The van der Waals surface area contributed by atoms with E-state index in [4.69, 9.17) is 4.74 Å². The predicted molar refractivity (Wildman–Crippen MR) is 98.7 cm³/mol. The molecule has 0 bridgehead atoms. The number of carbonyl (C=O) groups excluding carboxylic acids is 1. The Balaban J connectivity index is 1.65. The van der Waals surface area contributed by atoms with E-state index in [2.05, 4.69) is 22.0 Å². The van der Waals surface area contributed by atoms with Crippen molar-refractivity contribution in [2.75, 3.05) is 45.9 Å². The number of carbonyl (C=O) groups is 1. The van der Waals surface area contributed by atoms with Crippen LogP contribution in [0.3, 0.4) is 0 Å². The molecule has 1 heterocycles. The number of para-hydroxylation sites is 1. The molecule has 6 nitrogen and oxygen atoms in total. The van der Waals surface area contributed by atoms with Crippen molar-refractivity contribution in [3.05, 3.63) is 30.3 Å². The molecular formula is C19H31N3O3. The summed E-state index contributed by atoms with van der Waals surface area (Å²) in [4.78, 5) is 16.6. The van der Waals surface area contributed by atoms with E-state index in [1.54, 1.807) is 0 Å². The van der Waals surface area contributed by atoms with Gasteiger partial charge in [-0.3, -0.25) is 14.6 Å². The summed E-state index contributed by atoms with van der Waals surface area (Å²) in [5, 5.41) is 12.5. The lowest BCUT2D eigenvalue weighted by Gasteiger charge is -2.41. The molecule has 0 aliphatic carbocycles. The zero-order valence-corrected chi connectivity index (χ0v) is 15.4. The van der Waals surface area contributed by atoms with Crippen molar-refractivity contribution >= 4 is 5.91 Å². The number of benzene rings is 1. The number of nitrogens with one attached hydrogen (secondary N) is 1. The first-order chi connectivity index (χ1) is 12.1. The molecule has 1 aromatic rings. The second kappa shape index (κ2) is 10.4. The van der Waals surface area contributed by atoms with Crippen molar-refractivity contribution in [3.8, 4) is 5.75 Å². The molecule has 2 atom stereocenters. The molecular weight excluding hydrogens is 318 g/mol. The van der Waals surface area contributed by atoms with Gasteiger partial charge in [0, 0.05) is 32.2 Å². The maximum Gasteiger partial charge on any atom is 0.234 e. The van der Waals surface area contributed by atoms with Gasteiger partial charge >= 0.3 is 0 Å². The minimum atomic E-state index is -0.312. The van der Waals surface area contributed by atoms with Gasteiger partial charge in [-0.25, -0.2) is 0 Å². The smallest absolute Gasteiger partial charge is 0.234 e. The van der Waals surface area contributed by atoms with Gasteiger partial charge in [-0.1, -0.05) is 25.1 Å². The summed E-state index contributed by atoms with van der Waals surface area (Å²) in [6, 6.07) is 10.0. The van der Waals surface area contributed by atoms with Gasteiger partial charge in [0.15, 0.2) is 0 Å². The van der Waals surface area contributed by atoms with Crippen LogP contribution in [0.25, 0.3) is 0 Å². The first-order valence-electron chi connectivity index (χ1n) is 9.17. The largest absolute Gasteiger partial charge is 0.492 e. The van der Waals surface area contributed by atoms with Gasteiger partial charge in [-0.05, 0) is 25.5 Å². The van der Waals surface area contributed by atoms with Gasteiger partial charge in [-0.15, -0.1) is 0 Å². The molecule has 0 spiro atoms. The fraction of sp³-hybridized carbons (Fsp3) is 0.632. The van der Waals surface area contributed by atoms with Crippen molar-refractivity contribution < 1.29 is 14.6 Å². The van der Waals surface area contributed by atoms with E-state index in [-0.39, 0.29) is 12.0 Å². The Morgan fingerprint density at radius 2 is 2.12 bits per heavy atom. The summed E-state index contributed by atoms with van der Waals surface area (Å²) in [5.41, 5.74) is 0. The normalized spacial score (nSPS) is 20.2. The molecule has 2 unspecified atom stereocenters. The minimum Gasteiger partial charge on any atom is -0.492 e. The van der Waals surface area contributed by atoms with E-state index in [0.717, 1.165) is 31.8 Å². The number of ether oxygens (including phenoxy) is 1. The number of aliphatic hydroxyl groups excluding tert-OH is 1. The zero-order valence-electron chi connectivity index (χ0n) is 15.4. The third kappa shape index (κ3) is 7.02. The van der Waals surface area contributed by atoms with E-state index in [0.29, 0.717) is 32.3 Å². The lowest BCUT2D eigenvalue weighted by atomic mass is 10.1. The number of aliphatic hydroxyl groups is 1. The van der Waals surface area contributed by atoms with Gasteiger partial charge in [0.2, 0.25) is 5.91 Å². The summed E-state index contributed by atoms with van der Waals surface area (Å²) >= 11 is 0. The molecule has 0 radical (unpaired) electrons. The quantitative estimate of drug-likeness (QED) is 0.650. The number of hydrogen-bond acceptors (Lipinski definition) is 5. The van der Waals surface area contributed by atoms with Crippen LogP contribution in [0.1, 0.15) is 20.3 Å². The van der Waals surface area contributed by atoms with Crippen LogP contribution in [-0.4, -0.2) is 78.8 Å². The van der Waals surface area contributed by atoms with Gasteiger partial charge in [0.1, 0.15) is 12.4 Å². The summed E-state index contributed by atoms with van der Waals surface area (Å²) in [6.07, 6.45) is 0.712. The highest BCUT2D eigenvalue weighted by molar-refractivity contribution is 5.78. The van der Waals surface area contributed by atoms with Crippen molar-refractivity contribution in [1.82, 2.24) is 15.1 Å². The van der Waals surface area contributed by atoms with Gasteiger partial charge in [0.05, 0.1) is 19.2 Å². The molecule has 0 aromatic heterocycles. The van der Waals surface area contributed by atoms with Crippen molar-refractivity contribution in [2.45, 2.75) is 32.4 Å². The van der Waals surface area contributed by atoms with Crippen LogP contribution in [0, 0.1) is 0 Å². The fourth-order valence-electron chi connectivity index (χ4n) is 3.20. The Morgan fingerprint density at radius 1 is 1.36 bits per heavy atom.